The molecule has 0 aliphatic carbocycles. The van der Waals surface area contributed by atoms with Crippen LogP contribution in [-0.4, -0.2) is 15.6 Å². The molecule has 0 saturated heterocycles. The normalized spacial score (nSPS) is 11.4. The fourth-order valence-electron chi connectivity index (χ4n) is 1.82. The van der Waals surface area contributed by atoms with Crippen LogP contribution in [0.5, 0.6) is 0 Å². The van der Waals surface area contributed by atoms with Crippen molar-refractivity contribution >= 4 is 29.1 Å². The van der Waals surface area contributed by atoms with Crippen molar-refractivity contribution in [1.29, 1.82) is 0 Å². The molecule has 1 aromatic carbocycles. The largest absolute Gasteiger partial charge is 0.399 e. The Labute approximate surface area is 122 Å². The lowest BCUT2D eigenvalue weighted by Gasteiger charge is -2.08. The molecule has 4 nitrogen and oxygen atoms in total. The van der Waals surface area contributed by atoms with Gasteiger partial charge in [-0.2, -0.15) is 5.10 Å². The molecule has 0 atom stereocenters. The minimum Gasteiger partial charge on any atom is -0.399 e. The Hall–Kier alpha value is -2.07. The van der Waals surface area contributed by atoms with Crippen LogP contribution in [0, 0.1) is 0 Å². The third-order valence-corrected chi connectivity index (χ3v) is 3.11. The molecule has 0 radical (unpaired) electrons. The Kier molecular flexibility index (Phi) is 4.25. The van der Waals surface area contributed by atoms with Gasteiger partial charge in [-0.1, -0.05) is 29.8 Å². The lowest BCUT2D eigenvalue weighted by molar-refractivity contribution is 0.103. The molecular formula is C15H16ClN3O. The lowest BCUT2D eigenvalue weighted by Crippen LogP contribution is -2.11. The second kappa shape index (κ2) is 5.92. The van der Waals surface area contributed by atoms with Crippen LogP contribution in [0.15, 0.2) is 36.5 Å². The average Bonchev–Trinajstić information content (AvgIpc) is 2.80. The molecular weight excluding hydrogens is 274 g/mol. The Morgan fingerprint density at radius 1 is 1.35 bits per heavy atom. The molecule has 20 heavy (non-hydrogen) atoms. The fourth-order valence-corrected chi connectivity index (χ4v) is 2.04. The number of benzene rings is 1. The summed E-state index contributed by atoms with van der Waals surface area (Å²) >= 11 is 6.03. The van der Waals surface area contributed by atoms with Crippen LogP contribution in [0.25, 0.3) is 6.08 Å². The van der Waals surface area contributed by atoms with Gasteiger partial charge in [-0.05, 0) is 37.6 Å². The van der Waals surface area contributed by atoms with E-state index in [1.807, 2.05) is 26.0 Å². The van der Waals surface area contributed by atoms with E-state index >= 15 is 0 Å². The number of nitrogens with two attached hydrogens (primary N) is 1. The van der Waals surface area contributed by atoms with E-state index in [1.165, 1.54) is 12.3 Å². The summed E-state index contributed by atoms with van der Waals surface area (Å²) in [4.78, 5) is 12.2. The molecule has 0 amide bonds. The molecule has 2 N–H and O–H groups in total. The number of carbonyl (C=O) groups is 1. The molecule has 0 fully saturated rings. The minimum absolute atomic E-state index is 0.0753. The maximum absolute atomic E-state index is 12.2. The van der Waals surface area contributed by atoms with Crippen LogP contribution >= 0.6 is 11.6 Å². The van der Waals surface area contributed by atoms with Crippen molar-refractivity contribution in [1.82, 2.24) is 9.78 Å². The van der Waals surface area contributed by atoms with Crippen LogP contribution in [0.4, 0.5) is 5.69 Å². The maximum Gasteiger partial charge on any atom is 0.205 e. The van der Waals surface area contributed by atoms with Crippen LogP contribution in [0.1, 0.15) is 35.9 Å². The van der Waals surface area contributed by atoms with E-state index in [0.717, 1.165) is 5.56 Å². The molecule has 1 aromatic heterocycles. The first kappa shape index (κ1) is 14.3. The topological polar surface area (TPSA) is 60.9 Å². The summed E-state index contributed by atoms with van der Waals surface area (Å²) in [7, 11) is 0. The Balaban J connectivity index is 2.24. The Morgan fingerprint density at radius 3 is 2.60 bits per heavy atom. The van der Waals surface area contributed by atoms with Crippen LogP contribution in [-0.2, 0) is 0 Å². The quantitative estimate of drug-likeness (QED) is 0.531. The number of anilines is 1. The number of halogens is 1. The predicted octanol–water partition coefficient (Wildman–Crippen LogP) is 3.60. The van der Waals surface area contributed by atoms with Gasteiger partial charge in [-0.25, -0.2) is 0 Å². The van der Waals surface area contributed by atoms with E-state index in [0.29, 0.717) is 16.4 Å². The highest BCUT2D eigenvalue weighted by atomic mass is 35.5. The number of allylic oxidation sites excluding steroid dienone is 1. The van der Waals surface area contributed by atoms with Crippen molar-refractivity contribution in [2.45, 2.75) is 19.9 Å². The Morgan fingerprint density at radius 2 is 2.00 bits per heavy atom. The highest BCUT2D eigenvalue weighted by molar-refractivity contribution is 6.34. The number of hydrogen-bond donors (Lipinski definition) is 1. The van der Waals surface area contributed by atoms with Gasteiger partial charge in [0.05, 0.1) is 11.2 Å². The standard InChI is InChI=1S/C15H16ClN3O/c1-10(2)19-15(13(16)9-18-19)14(20)8-5-11-3-6-12(17)7-4-11/h3-10H,17H2,1-2H3/b8-5+. The zero-order valence-corrected chi connectivity index (χ0v) is 12.1. The molecule has 1 heterocycles. The van der Waals surface area contributed by atoms with Gasteiger partial charge in [-0.15, -0.1) is 0 Å². The molecule has 104 valence electrons. The second-order valence-electron chi connectivity index (χ2n) is 4.74. The summed E-state index contributed by atoms with van der Waals surface area (Å²) in [6.07, 6.45) is 4.72. The maximum atomic E-state index is 12.2. The smallest absolute Gasteiger partial charge is 0.205 e. The highest BCUT2D eigenvalue weighted by Gasteiger charge is 2.16. The predicted molar refractivity (Wildman–Crippen MR) is 81.8 cm³/mol. The second-order valence-corrected chi connectivity index (χ2v) is 5.15. The number of nitrogens with zero attached hydrogens (tertiary/aromatic N) is 2. The van der Waals surface area contributed by atoms with Gasteiger partial charge in [0.25, 0.3) is 0 Å². The summed E-state index contributed by atoms with van der Waals surface area (Å²) in [5.41, 5.74) is 7.61. The third-order valence-electron chi connectivity index (χ3n) is 2.84. The number of aromatic nitrogens is 2. The van der Waals surface area contributed by atoms with Gasteiger partial charge >= 0.3 is 0 Å². The van der Waals surface area contributed by atoms with Gasteiger partial charge in [-0.3, -0.25) is 9.48 Å². The SMILES string of the molecule is CC(C)n1ncc(Cl)c1C(=O)/C=C/c1ccc(N)cc1. The van der Waals surface area contributed by atoms with Gasteiger partial charge in [0.2, 0.25) is 5.78 Å². The summed E-state index contributed by atoms with van der Waals surface area (Å²) in [6, 6.07) is 7.35. The van der Waals surface area contributed by atoms with Crippen molar-refractivity contribution in [3.05, 3.63) is 52.8 Å². The van der Waals surface area contributed by atoms with Crippen molar-refractivity contribution < 1.29 is 4.79 Å². The van der Waals surface area contributed by atoms with Crippen LogP contribution in [0.2, 0.25) is 5.02 Å². The number of ketones is 1. The van der Waals surface area contributed by atoms with E-state index in [1.54, 1.807) is 22.9 Å². The zero-order valence-electron chi connectivity index (χ0n) is 11.4. The van der Waals surface area contributed by atoms with Crippen LogP contribution < -0.4 is 5.73 Å². The van der Waals surface area contributed by atoms with Crippen molar-refractivity contribution in [2.24, 2.45) is 0 Å². The van der Waals surface area contributed by atoms with Crippen molar-refractivity contribution in [2.75, 3.05) is 5.73 Å². The number of nitrogen functional groups attached to an aromatic ring is 1. The first-order chi connectivity index (χ1) is 9.49. The van der Waals surface area contributed by atoms with E-state index < -0.39 is 0 Å². The summed E-state index contributed by atoms with van der Waals surface area (Å²) in [5, 5.41) is 4.48. The van der Waals surface area contributed by atoms with E-state index in [-0.39, 0.29) is 11.8 Å². The minimum atomic E-state index is -0.168. The van der Waals surface area contributed by atoms with Crippen molar-refractivity contribution in [3.63, 3.8) is 0 Å². The molecule has 2 rings (SSSR count). The molecule has 0 unspecified atom stereocenters. The summed E-state index contributed by atoms with van der Waals surface area (Å²) in [6.45, 7) is 3.90. The van der Waals surface area contributed by atoms with Gasteiger partial charge in [0, 0.05) is 11.7 Å². The molecule has 2 aromatic rings. The summed E-state index contributed by atoms with van der Waals surface area (Å²) < 4.78 is 1.62. The van der Waals surface area contributed by atoms with E-state index in [9.17, 15) is 4.79 Å². The monoisotopic (exact) mass is 289 g/mol. The van der Waals surface area contributed by atoms with Crippen molar-refractivity contribution in [3.8, 4) is 0 Å². The molecule has 0 bridgehead atoms. The van der Waals surface area contributed by atoms with Gasteiger partial charge < -0.3 is 5.73 Å². The average molecular weight is 290 g/mol. The molecule has 0 saturated carbocycles. The molecule has 5 heteroatoms. The van der Waals surface area contributed by atoms with Gasteiger partial charge in [0.15, 0.2) is 0 Å². The number of carbonyl (C=O) groups excluding carboxylic acids is 1. The molecule has 0 aliphatic heterocycles. The van der Waals surface area contributed by atoms with Crippen LogP contribution in [0.3, 0.4) is 0 Å². The lowest BCUT2D eigenvalue weighted by atomic mass is 10.1. The molecule has 0 aliphatic rings. The summed E-state index contributed by atoms with van der Waals surface area (Å²) in [5.74, 6) is -0.168. The first-order valence-electron chi connectivity index (χ1n) is 6.30. The number of rotatable bonds is 4. The fraction of sp³-hybridized carbons (Fsp3) is 0.200. The highest BCUT2D eigenvalue weighted by Crippen LogP contribution is 2.20. The zero-order chi connectivity index (χ0) is 14.7. The van der Waals surface area contributed by atoms with E-state index in [4.69, 9.17) is 17.3 Å². The Bertz CT molecular complexity index is 642. The third kappa shape index (κ3) is 3.08. The van der Waals surface area contributed by atoms with Gasteiger partial charge in [0.1, 0.15) is 5.69 Å². The molecule has 0 spiro atoms. The van der Waals surface area contributed by atoms with E-state index in [2.05, 4.69) is 5.10 Å². The first-order valence-corrected chi connectivity index (χ1v) is 6.68. The number of hydrogen-bond acceptors (Lipinski definition) is 3.